The van der Waals surface area contributed by atoms with Gasteiger partial charge in [0.05, 0.1) is 11.3 Å². The van der Waals surface area contributed by atoms with E-state index in [-0.39, 0.29) is 30.1 Å². The van der Waals surface area contributed by atoms with Crippen molar-refractivity contribution in [3.63, 3.8) is 0 Å². The predicted octanol–water partition coefficient (Wildman–Crippen LogP) is 1.03. The van der Waals surface area contributed by atoms with Gasteiger partial charge in [-0.1, -0.05) is 19.1 Å². The average Bonchev–Trinajstić information content (AvgIpc) is 2.37. The van der Waals surface area contributed by atoms with Crippen molar-refractivity contribution in [2.75, 3.05) is 6.54 Å². The van der Waals surface area contributed by atoms with Gasteiger partial charge < -0.3 is 5.11 Å². The molecule has 0 aliphatic rings. The fourth-order valence-corrected chi connectivity index (χ4v) is 2.49. The topological polar surface area (TPSA) is 101 Å². The Bertz CT molecular complexity index is 580. The summed E-state index contributed by atoms with van der Waals surface area (Å²) >= 11 is 0. The maximum atomic E-state index is 11.9. The highest BCUT2D eigenvalue weighted by molar-refractivity contribution is 7.89. The molecule has 0 aliphatic heterocycles. The molecule has 0 spiro atoms. The quantitative estimate of drug-likeness (QED) is 0.729. The van der Waals surface area contributed by atoms with Crippen LogP contribution >= 0.6 is 0 Å². The van der Waals surface area contributed by atoms with E-state index < -0.39 is 16.0 Å². The van der Waals surface area contributed by atoms with Crippen LogP contribution in [0.5, 0.6) is 0 Å². The minimum absolute atomic E-state index is 0.0443. The monoisotopic (exact) mass is 285 g/mol. The van der Waals surface area contributed by atoms with Crippen LogP contribution in [0.15, 0.2) is 29.2 Å². The number of carboxylic acid groups (broad SMARTS) is 1. The molecular weight excluding hydrogens is 270 g/mol. The van der Waals surface area contributed by atoms with Crippen LogP contribution < -0.4 is 4.72 Å². The maximum Gasteiger partial charge on any atom is 0.304 e. The molecule has 0 radical (unpaired) electrons. The third kappa shape index (κ3) is 4.46. The molecule has 0 aromatic heterocycles. The number of carboxylic acids is 1. The molecule has 0 saturated heterocycles. The molecule has 0 amide bonds. The molecule has 6 nitrogen and oxygen atoms in total. The van der Waals surface area contributed by atoms with Crippen molar-refractivity contribution in [1.82, 2.24) is 4.72 Å². The number of carbonyl (C=O) groups is 2. The molecule has 0 fully saturated rings. The molecule has 0 heterocycles. The summed E-state index contributed by atoms with van der Waals surface area (Å²) in [5, 5.41) is 8.45. The lowest BCUT2D eigenvalue weighted by Crippen LogP contribution is -2.26. The summed E-state index contributed by atoms with van der Waals surface area (Å²) < 4.78 is 25.9. The van der Waals surface area contributed by atoms with Crippen LogP contribution in [0.2, 0.25) is 0 Å². The van der Waals surface area contributed by atoms with Crippen LogP contribution in [0.1, 0.15) is 30.1 Å². The third-order valence-electron chi connectivity index (χ3n) is 2.42. The Morgan fingerprint density at radius 3 is 2.58 bits per heavy atom. The molecule has 2 N–H and O–H groups in total. The zero-order valence-electron chi connectivity index (χ0n) is 10.4. The molecule has 19 heavy (non-hydrogen) atoms. The SMILES string of the molecule is CCC(=O)c1cccc(S(=O)(=O)NCCC(=O)O)c1. The van der Waals surface area contributed by atoms with Gasteiger partial charge in [0.1, 0.15) is 0 Å². The van der Waals surface area contributed by atoms with Gasteiger partial charge in [0, 0.05) is 18.5 Å². The van der Waals surface area contributed by atoms with Crippen LogP contribution in [0, 0.1) is 0 Å². The smallest absolute Gasteiger partial charge is 0.304 e. The Morgan fingerprint density at radius 2 is 2.00 bits per heavy atom. The molecule has 0 bridgehead atoms. The molecule has 0 aliphatic carbocycles. The minimum atomic E-state index is -3.79. The lowest BCUT2D eigenvalue weighted by Gasteiger charge is -2.06. The highest BCUT2D eigenvalue weighted by atomic mass is 32.2. The second kappa shape index (κ2) is 6.44. The van der Waals surface area contributed by atoms with Gasteiger partial charge in [0.25, 0.3) is 0 Å². The molecule has 7 heteroatoms. The van der Waals surface area contributed by atoms with Crippen molar-refractivity contribution in [1.29, 1.82) is 0 Å². The van der Waals surface area contributed by atoms with E-state index in [1.807, 2.05) is 0 Å². The minimum Gasteiger partial charge on any atom is -0.481 e. The number of ketones is 1. The predicted molar refractivity (Wildman–Crippen MR) is 68.5 cm³/mol. The summed E-state index contributed by atoms with van der Waals surface area (Å²) in [5.41, 5.74) is 0.323. The van der Waals surface area contributed by atoms with E-state index in [9.17, 15) is 18.0 Å². The summed E-state index contributed by atoms with van der Waals surface area (Å²) in [7, 11) is -3.79. The lowest BCUT2D eigenvalue weighted by molar-refractivity contribution is -0.136. The highest BCUT2D eigenvalue weighted by Gasteiger charge is 2.15. The van der Waals surface area contributed by atoms with Crippen molar-refractivity contribution in [2.24, 2.45) is 0 Å². The largest absolute Gasteiger partial charge is 0.481 e. The van der Waals surface area contributed by atoms with Gasteiger partial charge in [0.15, 0.2) is 5.78 Å². The van der Waals surface area contributed by atoms with Crippen LogP contribution in [0.25, 0.3) is 0 Å². The van der Waals surface area contributed by atoms with E-state index in [0.29, 0.717) is 5.56 Å². The Balaban J connectivity index is 2.89. The first-order chi connectivity index (χ1) is 8.86. The fraction of sp³-hybridized carbons (Fsp3) is 0.333. The number of sulfonamides is 1. The van der Waals surface area contributed by atoms with Gasteiger partial charge >= 0.3 is 5.97 Å². The van der Waals surface area contributed by atoms with Gasteiger partial charge in [-0.2, -0.15) is 0 Å². The summed E-state index contributed by atoms with van der Waals surface area (Å²) in [6.07, 6.45) is -0.0112. The number of benzene rings is 1. The summed E-state index contributed by atoms with van der Waals surface area (Å²) in [6.45, 7) is 1.50. The lowest BCUT2D eigenvalue weighted by atomic mass is 10.1. The zero-order valence-corrected chi connectivity index (χ0v) is 11.2. The van der Waals surface area contributed by atoms with Crippen molar-refractivity contribution < 1.29 is 23.1 Å². The summed E-state index contributed by atoms with van der Waals surface area (Å²) in [5.74, 6) is -1.24. The summed E-state index contributed by atoms with van der Waals surface area (Å²) in [4.78, 5) is 21.8. The number of nitrogens with one attached hydrogen (secondary N) is 1. The molecule has 0 unspecified atom stereocenters. The van der Waals surface area contributed by atoms with Gasteiger partial charge in [-0.25, -0.2) is 13.1 Å². The Kier molecular flexibility index (Phi) is 5.20. The van der Waals surface area contributed by atoms with Crippen LogP contribution in [0.3, 0.4) is 0 Å². The third-order valence-corrected chi connectivity index (χ3v) is 3.88. The van der Waals surface area contributed by atoms with Gasteiger partial charge in [-0.3, -0.25) is 9.59 Å². The number of aliphatic carboxylic acids is 1. The van der Waals surface area contributed by atoms with E-state index in [1.165, 1.54) is 18.2 Å². The molecule has 1 rings (SSSR count). The maximum absolute atomic E-state index is 11.9. The van der Waals surface area contributed by atoms with E-state index in [1.54, 1.807) is 13.0 Å². The van der Waals surface area contributed by atoms with Crippen LogP contribution in [0.4, 0.5) is 0 Å². The van der Waals surface area contributed by atoms with Crippen LogP contribution in [-0.2, 0) is 14.8 Å². The normalized spacial score (nSPS) is 11.2. The van der Waals surface area contributed by atoms with E-state index in [0.717, 1.165) is 0 Å². The number of hydrogen-bond acceptors (Lipinski definition) is 4. The second-order valence-corrected chi connectivity index (χ2v) is 5.61. The molecule has 1 aromatic carbocycles. The zero-order chi connectivity index (χ0) is 14.5. The van der Waals surface area contributed by atoms with Crippen molar-refractivity contribution >= 4 is 21.8 Å². The van der Waals surface area contributed by atoms with E-state index in [4.69, 9.17) is 5.11 Å². The number of carbonyl (C=O) groups excluding carboxylic acids is 1. The fourth-order valence-electron chi connectivity index (χ4n) is 1.42. The standard InChI is InChI=1S/C12H15NO5S/c1-2-11(14)9-4-3-5-10(8-9)19(17,18)13-7-6-12(15)16/h3-5,8,13H,2,6-7H2,1H3,(H,15,16). The average molecular weight is 285 g/mol. The Labute approximate surface area is 111 Å². The Hall–Kier alpha value is -1.73. The van der Waals surface area contributed by atoms with Crippen molar-refractivity contribution in [3.8, 4) is 0 Å². The molecule has 0 atom stereocenters. The first kappa shape index (κ1) is 15.3. The number of Topliss-reactive ketones (excluding diaryl/α,β-unsaturated/α-hetero) is 1. The van der Waals surface area contributed by atoms with E-state index >= 15 is 0 Å². The van der Waals surface area contributed by atoms with E-state index in [2.05, 4.69) is 4.72 Å². The highest BCUT2D eigenvalue weighted by Crippen LogP contribution is 2.12. The molecule has 104 valence electrons. The molecule has 1 aromatic rings. The van der Waals surface area contributed by atoms with Gasteiger partial charge in [0.2, 0.25) is 10.0 Å². The number of rotatable bonds is 7. The summed E-state index contributed by atoms with van der Waals surface area (Å²) in [6, 6.07) is 5.67. The van der Waals surface area contributed by atoms with Gasteiger partial charge in [-0.05, 0) is 12.1 Å². The molecule has 0 saturated carbocycles. The van der Waals surface area contributed by atoms with Crippen molar-refractivity contribution in [3.05, 3.63) is 29.8 Å². The first-order valence-electron chi connectivity index (χ1n) is 5.71. The van der Waals surface area contributed by atoms with Gasteiger partial charge in [-0.15, -0.1) is 0 Å². The molecular formula is C12H15NO5S. The van der Waals surface area contributed by atoms with Crippen LogP contribution in [-0.4, -0.2) is 31.8 Å². The second-order valence-electron chi connectivity index (χ2n) is 3.85. The number of hydrogen-bond donors (Lipinski definition) is 2. The van der Waals surface area contributed by atoms with Crippen molar-refractivity contribution in [2.45, 2.75) is 24.7 Å². The first-order valence-corrected chi connectivity index (χ1v) is 7.20. The Morgan fingerprint density at radius 1 is 1.32 bits per heavy atom.